The Balaban J connectivity index is 2.11. The van der Waals surface area contributed by atoms with Crippen molar-refractivity contribution in [2.45, 2.75) is 32.4 Å². The maximum Gasteiger partial charge on any atom is 0.127 e. The summed E-state index contributed by atoms with van der Waals surface area (Å²) in [5, 5.41) is 9.32. The monoisotopic (exact) mass is 304 g/mol. The third-order valence-corrected chi connectivity index (χ3v) is 4.08. The lowest BCUT2D eigenvalue weighted by molar-refractivity contribution is 0.572. The lowest BCUT2D eigenvalue weighted by Gasteiger charge is -2.15. The molecule has 3 aromatic rings. The molecule has 116 valence electrons. The smallest absolute Gasteiger partial charge is 0.127 e. The first-order valence-corrected chi connectivity index (χ1v) is 7.93. The van der Waals surface area contributed by atoms with E-state index in [1.807, 2.05) is 42.5 Å². The fourth-order valence-corrected chi connectivity index (χ4v) is 2.92. The Morgan fingerprint density at radius 2 is 1.91 bits per heavy atom. The zero-order valence-corrected chi connectivity index (χ0v) is 13.2. The number of hydrogen-bond acceptors (Lipinski definition) is 3. The first-order valence-electron chi connectivity index (χ1n) is 7.93. The highest BCUT2D eigenvalue weighted by Crippen LogP contribution is 2.24. The summed E-state index contributed by atoms with van der Waals surface area (Å²) in [6.45, 7) is 2.73. The second kappa shape index (κ2) is 6.64. The molecule has 0 bridgehead atoms. The molecule has 0 spiro atoms. The average Bonchev–Trinajstić information content (AvgIpc) is 2.94. The van der Waals surface area contributed by atoms with Crippen molar-refractivity contribution in [3.05, 3.63) is 65.5 Å². The van der Waals surface area contributed by atoms with Crippen LogP contribution in [0.2, 0.25) is 0 Å². The van der Waals surface area contributed by atoms with Crippen LogP contribution in [-0.4, -0.2) is 9.55 Å². The molecule has 0 fully saturated rings. The number of imidazole rings is 1. The van der Waals surface area contributed by atoms with Gasteiger partial charge in [0.05, 0.1) is 35.3 Å². The molecule has 1 atom stereocenters. The zero-order chi connectivity index (χ0) is 16.2. The summed E-state index contributed by atoms with van der Waals surface area (Å²) >= 11 is 0. The van der Waals surface area contributed by atoms with E-state index < -0.39 is 0 Å². The van der Waals surface area contributed by atoms with Crippen LogP contribution in [0.1, 0.15) is 42.8 Å². The van der Waals surface area contributed by atoms with Crippen molar-refractivity contribution in [2.24, 2.45) is 5.73 Å². The van der Waals surface area contributed by atoms with E-state index in [4.69, 9.17) is 10.7 Å². The molecular formula is C19H20N4. The molecule has 23 heavy (non-hydrogen) atoms. The van der Waals surface area contributed by atoms with Gasteiger partial charge in [0.2, 0.25) is 0 Å². The van der Waals surface area contributed by atoms with Crippen molar-refractivity contribution in [3.8, 4) is 6.07 Å². The number of aromatic nitrogens is 2. The summed E-state index contributed by atoms with van der Waals surface area (Å²) < 4.78 is 2.14. The van der Waals surface area contributed by atoms with Gasteiger partial charge < -0.3 is 10.3 Å². The average molecular weight is 304 g/mol. The fraction of sp³-hybridized carbons (Fsp3) is 0.263. The number of benzene rings is 2. The van der Waals surface area contributed by atoms with Crippen molar-refractivity contribution in [2.75, 3.05) is 0 Å². The number of rotatable bonds is 5. The van der Waals surface area contributed by atoms with E-state index >= 15 is 0 Å². The highest BCUT2D eigenvalue weighted by Gasteiger charge is 2.17. The number of fused-ring (bicyclic) bond motifs is 1. The number of nitrogens with two attached hydrogens (primary N) is 1. The van der Waals surface area contributed by atoms with E-state index in [2.05, 4.69) is 23.6 Å². The van der Waals surface area contributed by atoms with Gasteiger partial charge in [0.15, 0.2) is 0 Å². The normalized spacial score (nSPS) is 12.2. The highest BCUT2D eigenvalue weighted by molar-refractivity contribution is 5.76. The van der Waals surface area contributed by atoms with Gasteiger partial charge in [0.25, 0.3) is 0 Å². The summed E-state index contributed by atoms with van der Waals surface area (Å²) in [7, 11) is 0. The third-order valence-electron chi connectivity index (χ3n) is 4.08. The van der Waals surface area contributed by atoms with Crippen molar-refractivity contribution in [1.82, 2.24) is 9.55 Å². The van der Waals surface area contributed by atoms with E-state index in [9.17, 15) is 5.26 Å². The van der Waals surface area contributed by atoms with Gasteiger partial charge in [0.1, 0.15) is 5.82 Å². The first kappa shape index (κ1) is 15.3. The van der Waals surface area contributed by atoms with E-state index in [1.54, 1.807) is 0 Å². The topological polar surface area (TPSA) is 67.6 Å². The Morgan fingerprint density at radius 1 is 1.17 bits per heavy atom. The molecule has 0 radical (unpaired) electrons. The summed E-state index contributed by atoms with van der Waals surface area (Å²) in [5.74, 6) is 0.890. The van der Waals surface area contributed by atoms with E-state index in [0.717, 1.165) is 35.3 Å². The molecule has 4 nitrogen and oxygen atoms in total. The van der Waals surface area contributed by atoms with Crippen molar-refractivity contribution in [3.63, 3.8) is 0 Å². The number of para-hydroxylation sites is 2. The predicted molar refractivity (Wildman–Crippen MR) is 91.8 cm³/mol. The Bertz CT molecular complexity index is 857. The number of hydrogen-bond donors (Lipinski definition) is 1. The third kappa shape index (κ3) is 2.96. The molecule has 0 aliphatic carbocycles. The van der Waals surface area contributed by atoms with Crippen LogP contribution >= 0.6 is 0 Å². The van der Waals surface area contributed by atoms with Gasteiger partial charge >= 0.3 is 0 Å². The fourth-order valence-electron chi connectivity index (χ4n) is 2.92. The van der Waals surface area contributed by atoms with Crippen LogP contribution in [-0.2, 0) is 6.54 Å². The first-order chi connectivity index (χ1) is 11.2. The number of nitriles is 1. The molecule has 0 aliphatic rings. The Labute approximate surface area is 136 Å². The SMILES string of the molecule is CCCC(N)c1nc2ccccc2n1Cc1ccccc1C#N. The standard InChI is InChI=1S/C19H20N4/c1-2-7-16(21)19-22-17-10-5-6-11-18(17)23(19)13-15-9-4-3-8-14(15)12-20/h3-6,8-11,16H,2,7,13,21H2,1H3. The molecule has 0 saturated heterocycles. The van der Waals surface area contributed by atoms with Crippen LogP contribution in [0.3, 0.4) is 0 Å². The molecule has 1 aromatic heterocycles. The molecule has 0 amide bonds. The van der Waals surface area contributed by atoms with Crippen molar-refractivity contribution < 1.29 is 0 Å². The molecule has 2 N–H and O–H groups in total. The minimum absolute atomic E-state index is 0.0957. The largest absolute Gasteiger partial charge is 0.322 e. The maximum absolute atomic E-state index is 9.32. The summed E-state index contributed by atoms with van der Waals surface area (Å²) in [6, 6.07) is 17.9. The van der Waals surface area contributed by atoms with Crippen molar-refractivity contribution in [1.29, 1.82) is 5.26 Å². The molecule has 0 aliphatic heterocycles. The van der Waals surface area contributed by atoms with Crippen LogP contribution in [0, 0.1) is 11.3 Å². The Hall–Kier alpha value is -2.64. The lowest BCUT2D eigenvalue weighted by atomic mass is 10.1. The molecular weight excluding hydrogens is 284 g/mol. The molecule has 3 rings (SSSR count). The second-order valence-corrected chi connectivity index (χ2v) is 5.71. The summed E-state index contributed by atoms with van der Waals surface area (Å²) in [5.41, 5.74) is 10.0. The van der Waals surface area contributed by atoms with Gasteiger partial charge in [0, 0.05) is 0 Å². The molecule has 4 heteroatoms. The van der Waals surface area contributed by atoms with Gasteiger partial charge in [-0.15, -0.1) is 0 Å². The van der Waals surface area contributed by atoms with Gasteiger partial charge in [-0.1, -0.05) is 43.7 Å². The van der Waals surface area contributed by atoms with Gasteiger partial charge in [-0.3, -0.25) is 0 Å². The van der Waals surface area contributed by atoms with E-state index in [1.165, 1.54) is 0 Å². The van der Waals surface area contributed by atoms with Crippen LogP contribution < -0.4 is 5.73 Å². The molecule has 1 unspecified atom stereocenters. The maximum atomic E-state index is 9.32. The molecule has 0 saturated carbocycles. The molecule has 1 heterocycles. The van der Waals surface area contributed by atoms with Gasteiger partial charge in [-0.05, 0) is 30.2 Å². The van der Waals surface area contributed by atoms with Crippen LogP contribution in [0.4, 0.5) is 0 Å². The predicted octanol–water partition coefficient (Wildman–Crippen LogP) is 3.76. The van der Waals surface area contributed by atoms with E-state index in [-0.39, 0.29) is 6.04 Å². The van der Waals surface area contributed by atoms with Crippen molar-refractivity contribution >= 4 is 11.0 Å². The number of nitrogens with zero attached hydrogens (tertiary/aromatic N) is 3. The minimum Gasteiger partial charge on any atom is -0.322 e. The molecule has 2 aromatic carbocycles. The van der Waals surface area contributed by atoms with Crippen LogP contribution in [0.5, 0.6) is 0 Å². The second-order valence-electron chi connectivity index (χ2n) is 5.71. The Kier molecular flexibility index (Phi) is 4.40. The van der Waals surface area contributed by atoms with E-state index in [0.29, 0.717) is 12.1 Å². The lowest BCUT2D eigenvalue weighted by Crippen LogP contribution is -2.17. The van der Waals surface area contributed by atoms with Crippen LogP contribution in [0.15, 0.2) is 48.5 Å². The zero-order valence-electron chi connectivity index (χ0n) is 13.2. The summed E-state index contributed by atoms with van der Waals surface area (Å²) in [4.78, 5) is 4.74. The highest BCUT2D eigenvalue weighted by atomic mass is 15.1. The minimum atomic E-state index is -0.0957. The van der Waals surface area contributed by atoms with Gasteiger partial charge in [-0.25, -0.2) is 4.98 Å². The summed E-state index contributed by atoms with van der Waals surface area (Å²) in [6.07, 6.45) is 1.91. The Morgan fingerprint density at radius 3 is 2.70 bits per heavy atom. The van der Waals surface area contributed by atoms with Crippen LogP contribution in [0.25, 0.3) is 11.0 Å². The quantitative estimate of drug-likeness (QED) is 0.780. The van der Waals surface area contributed by atoms with Gasteiger partial charge in [-0.2, -0.15) is 5.26 Å².